The van der Waals surface area contributed by atoms with Gasteiger partial charge >= 0.3 is 0 Å². The Bertz CT molecular complexity index is 625. The Labute approximate surface area is 125 Å². The molecule has 0 spiro atoms. The third-order valence-electron chi connectivity index (χ3n) is 3.55. The van der Waals surface area contributed by atoms with Gasteiger partial charge in [0.05, 0.1) is 7.11 Å². The number of primary amides is 1. The molecule has 4 nitrogen and oxygen atoms in total. The zero-order valence-electron chi connectivity index (χ0n) is 12.6. The first-order valence-electron chi connectivity index (χ1n) is 7.24. The van der Waals surface area contributed by atoms with E-state index in [1.54, 1.807) is 7.11 Å². The van der Waals surface area contributed by atoms with Crippen molar-refractivity contribution in [1.82, 2.24) is 5.32 Å². The molecule has 0 aliphatic heterocycles. The number of fused-ring (bicyclic) bond motifs is 1. The Morgan fingerprint density at radius 1 is 1.29 bits per heavy atom. The quantitative estimate of drug-likeness (QED) is 0.822. The number of methoxy groups -OCH3 is 1. The monoisotopic (exact) mass is 286 g/mol. The van der Waals surface area contributed by atoms with Crippen molar-refractivity contribution in [2.24, 2.45) is 5.73 Å². The van der Waals surface area contributed by atoms with E-state index in [1.165, 1.54) is 0 Å². The van der Waals surface area contributed by atoms with Crippen molar-refractivity contribution in [2.45, 2.75) is 25.8 Å². The molecule has 0 aromatic heterocycles. The lowest BCUT2D eigenvalue weighted by Crippen LogP contribution is -2.27. The second-order valence-electron chi connectivity index (χ2n) is 5.08. The fourth-order valence-electron chi connectivity index (χ4n) is 2.61. The van der Waals surface area contributed by atoms with Gasteiger partial charge in [0.15, 0.2) is 0 Å². The maximum Gasteiger partial charge on any atom is 0.219 e. The molecule has 1 unspecified atom stereocenters. The van der Waals surface area contributed by atoms with E-state index in [2.05, 4.69) is 24.4 Å². The second kappa shape index (κ2) is 7.09. The summed E-state index contributed by atoms with van der Waals surface area (Å²) in [6.07, 6.45) is 1.24. The Morgan fingerprint density at radius 3 is 2.71 bits per heavy atom. The highest BCUT2D eigenvalue weighted by molar-refractivity contribution is 5.89. The van der Waals surface area contributed by atoms with Crippen LogP contribution in [0, 0.1) is 0 Å². The SMILES string of the molecule is CCCNC(CC(N)=O)c1c(OC)ccc2ccccc12. The van der Waals surface area contributed by atoms with E-state index >= 15 is 0 Å². The van der Waals surface area contributed by atoms with Crippen LogP contribution in [0.5, 0.6) is 5.75 Å². The summed E-state index contributed by atoms with van der Waals surface area (Å²) < 4.78 is 5.50. The van der Waals surface area contributed by atoms with Crippen LogP contribution in [-0.2, 0) is 4.79 Å². The van der Waals surface area contributed by atoms with Gasteiger partial charge < -0.3 is 15.8 Å². The number of benzene rings is 2. The van der Waals surface area contributed by atoms with Gasteiger partial charge in [-0.2, -0.15) is 0 Å². The molecule has 2 aromatic carbocycles. The Morgan fingerprint density at radius 2 is 2.05 bits per heavy atom. The van der Waals surface area contributed by atoms with E-state index in [0.29, 0.717) is 0 Å². The number of hydrogen-bond acceptors (Lipinski definition) is 3. The van der Waals surface area contributed by atoms with Gasteiger partial charge in [0.2, 0.25) is 5.91 Å². The summed E-state index contributed by atoms with van der Waals surface area (Å²) in [5, 5.41) is 5.62. The summed E-state index contributed by atoms with van der Waals surface area (Å²) in [7, 11) is 1.65. The van der Waals surface area contributed by atoms with Crippen LogP contribution < -0.4 is 15.8 Å². The highest BCUT2D eigenvalue weighted by Crippen LogP contribution is 2.34. The lowest BCUT2D eigenvalue weighted by molar-refractivity contribution is -0.118. The predicted molar refractivity (Wildman–Crippen MR) is 85.3 cm³/mol. The molecule has 0 bridgehead atoms. The molecule has 4 heteroatoms. The molecule has 3 N–H and O–H groups in total. The molecular formula is C17H22N2O2. The zero-order valence-corrected chi connectivity index (χ0v) is 12.6. The average Bonchev–Trinajstić information content (AvgIpc) is 2.50. The van der Waals surface area contributed by atoms with Gasteiger partial charge in [-0.3, -0.25) is 4.79 Å². The largest absolute Gasteiger partial charge is 0.496 e. The number of nitrogens with one attached hydrogen (secondary N) is 1. The summed E-state index contributed by atoms with van der Waals surface area (Å²) in [6.45, 7) is 2.92. The lowest BCUT2D eigenvalue weighted by atomic mass is 9.95. The molecule has 1 amide bonds. The zero-order chi connectivity index (χ0) is 15.2. The van der Waals surface area contributed by atoms with Crippen molar-refractivity contribution in [3.8, 4) is 5.75 Å². The van der Waals surface area contributed by atoms with Gasteiger partial charge in [0.1, 0.15) is 5.75 Å². The molecule has 0 saturated heterocycles. The van der Waals surface area contributed by atoms with Crippen molar-refractivity contribution in [3.05, 3.63) is 42.0 Å². The lowest BCUT2D eigenvalue weighted by Gasteiger charge is -2.22. The van der Waals surface area contributed by atoms with Gasteiger partial charge in [-0.25, -0.2) is 0 Å². The first-order valence-corrected chi connectivity index (χ1v) is 7.24. The molecule has 2 rings (SSSR count). The third-order valence-corrected chi connectivity index (χ3v) is 3.55. The van der Waals surface area contributed by atoms with Crippen LogP contribution >= 0.6 is 0 Å². The second-order valence-corrected chi connectivity index (χ2v) is 5.08. The number of amides is 1. The van der Waals surface area contributed by atoms with Crippen LogP contribution in [0.3, 0.4) is 0 Å². The fourth-order valence-corrected chi connectivity index (χ4v) is 2.61. The molecule has 1 atom stereocenters. The van der Waals surface area contributed by atoms with Crippen LogP contribution in [0.25, 0.3) is 10.8 Å². The van der Waals surface area contributed by atoms with E-state index < -0.39 is 0 Å². The Kier molecular flexibility index (Phi) is 5.17. The highest BCUT2D eigenvalue weighted by Gasteiger charge is 2.20. The summed E-state index contributed by atoms with van der Waals surface area (Å²) in [6, 6.07) is 11.9. The van der Waals surface area contributed by atoms with Gasteiger partial charge in [0.25, 0.3) is 0 Å². The minimum atomic E-state index is -0.321. The number of carbonyl (C=O) groups is 1. The van der Waals surface area contributed by atoms with Crippen molar-refractivity contribution in [3.63, 3.8) is 0 Å². The van der Waals surface area contributed by atoms with Crippen LogP contribution in [0.2, 0.25) is 0 Å². The van der Waals surface area contributed by atoms with Gasteiger partial charge in [-0.05, 0) is 29.8 Å². The fraction of sp³-hybridized carbons (Fsp3) is 0.353. The van der Waals surface area contributed by atoms with Crippen LogP contribution in [0.15, 0.2) is 36.4 Å². The van der Waals surface area contributed by atoms with Gasteiger partial charge in [-0.1, -0.05) is 37.3 Å². The van der Waals surface area contributed by atoms with E-state index in [0.717, 1.165) is 35.1 Å². The minimum Gasteiger partial charge on any atom is -0.496 e. The van der Waals surface area contributed by atoms with Crippen LogP contribution in [-0.4, -0.2) is 19.6 Å². The third kappa shape index (κ3) is 3.52. The minimum absolute atomic E-state index is 0.136. The average molecular weight is 286 g/mol. The molecular weight excluding hydrogens is 264 g/mol. The van der Waals surface area contributed by atoms with Crippen LogP contribution in [0.4, 0.5) is 0 Å². The number of ether oxygens (including phenoxy) is 1. The Hall–Kier alpha value is -2.07. The number of hydrogen-bond donors (Lipinski definition) is 2. The molecule has 21 heavy (non-hydrogen) atoms. The molecule has 0 fully saturated rings. The molecule has 0 heterocycles. The molecule has 2 aromatic rings. The molecule has 112 valence electrons. The highest BCUT2D eigenvalue weighted by atomic mass is 16.5. The number of rotatable bonds is 7. The standard InChI is InChI=1S/C17H22N2O2/c1-3-10-19-14(11-16(18)20)17-13-7-5-4-6-12(13)8-9-15(17)21-2/h4-9,14,19H,3,10-11H2,1-2H3,(H2,18,20). The van der Waals surface area contributed by atoms with Crippen molar-refractivity contribution < 1.29 is 9.53 Å². The normalized spacial score (nSPS) is 12.3. The van der Waals surface area contributed by atoms with Crippen LogP contribution in [0.1, 0.15) is 31.4 Å². The molecule has 0 saturated carbocycles. The summed E-state index contributed by atoms with van der Waals surface area (Å²) in [4.78, 5) is 11.4. The van der Waals surface area contributed by atoms with Gasteiger partial charge in [0, 0.05) is 18.0 Å². The Balaban J connectivity index is 2.54. The number of carbonyl (C=O) groups excluding carboxylic acids is 1. The predicted octanol–water partition coefficient (Wildman–Crippen LogP) is 2.76. The maximum atomic E-state index is 11.4. The van der Waals surface area contributed by atoms with E-state index in [4.69, 9.17) is 10.5 Å². The number of nitrogens with two attached hydrogens (primary N) is 1. The topological polar surface area (TPSA) is 64.3 Å². The summed E-state index contributed by atoms with van der Waals surface area (Å²) >= 11 is 0. The first-order chi connectivity index (χ1) is 10.2. The summed E-state index contributed by atoms with van der Waals surface area (Å²) in [5.41, 5.74) is 6.42. The smallest absolute Gasteiger partial charge is 0.219 e. The maximum absolute atomic E-state index is 11.4. The van der Waals surface area contributed by atoms with Gasteiger partial charge in [-0.15, -0.1) is 0 Å². The summed E-state index contributed by atoms with van der Waals surface area (Å²) in [5.74, 6) is 0.460. The van der Waals surface area contributed by atoms with E-state index in [1.807, 2.05) is 24.3 Å². The molecule has 0 aliphatic rings. The van der Waals surface area contributed by atoms with Crippen molar-refractivity contribution in [2.75, 3.05) is 13.7 Å². The van der Waals surface area contributed by atoms with E-state index in [9.17, 15) is 4.79 Å². The van der Waals surface area contributed by atoms with E-state index in [-0.39, 0.29) is 18.4 Å². The first kappa shape index (κ1) is 15.3. The molecule has 0 radical (unpaired) electrons. The molecule has 0 aliphatic carbocycles. The van der Waals surface area contributed by atoms with Crippen molar-refractivity contribution in [1.29, 1.82) is 0 Å². The van der Waals surface area contributed by atoms with Crippen molar-refractivity contribution >= 4 is 16.7 Å².